The zero-order valence-corrected chi connectivity index (χ0v) is 11.0. The van der Waals surface area contributed by atoms with Gasteiger partial charge in [0.1, 0.15) is 5.75 Å². The highest BCUT2D eigenvalue weighted by Crippen LogP contribution is 2.41. The lowest BCUT2D eigenvalue weighted by Crippen LogP contribution is -2.31. The number of rotatable bonds is 2. The summed E-state index contributed by atoms with van der Waals surface area (Å²) in [5, 5.41) is 10.8. The average molecular weight is 234 g/mol. The minimum atomic E-state index is -0.622. The van der Waals surface area contributed by atoms with Crippen LogP contribution in [0.1, 0.15) is 43.7 Å². The van der Waals surface area contributed by atoms with Gasteiger partial charge in [0.25, 0.3) is 0 Å². The number of methoxy groups -OCH3 is 1. The van der Waals surface area contributed by atoms with Crippen LogP contribution in [0.4, 0.5) is 0 Å². The fraction of sp³-hybridized carbons (Fsp3) is 0.600. The Morgan fingerprint density at radius 3 is 2.47 bits per heavy atom. The number of benzene rings is 1. The molecule has 0 heterocycles. The Bertz CT molecular complexity index is 390. The van der Waals surface area contributed by atoms with Gasteiger partial charge < -0.3 is 9.84 Å². The van der Waals surface area contributed by atoms with Gasteiger partial charge in [-0.25, -0.2) is 0 Å². The van der Waals surface area contributed by atoms with Crippen LogP contribution >= 0.6 is 0 Å². The van der Waals surface area contributed by atoms with E-state index in [9.17, 15) is 5.11 Å². The van der Waals surface area contributed by atoms with E-state index >= 15 is 0 Å². The summed E-state index contributed by atoms with van der Waals surface area (Å²) >= 11 is 0. The van der Waals surface area contributed by atoms with Crippen LogP contribution in [0.15, 0.2) is 18.2 Å². The quantitative estimate of drug-likeness (QED) is 0.849. The summed E-state index contributed by atoms with van der Waals surface area (Å²) in [6, 6.07) is 5.97. The molecule has 0 aliphatic heterocycles. The van der Waals surface area contributed by atoms with Crippen molar-refractivity contribution in [1.82, 2.24) is 0 Å². The second-order valence-electron chi connectivity index (χ2n) is 5.39. The second kappa shape index (κ2) is 4.69. The zero-order chi connectivity index (χ0) is 12.5. The summed E-state index contributed by atoms with van der Waals surface area (Å²) in [5.41, 5.74) is 1.58. The normalized spacial score (nSPS) is 29.1. The van der Waals surface area contributed by atoms with Crippen LogP contribution in [0.5, 0.6) is 5.75 Å². The minimum Gasteiger partial charge on any atom is -0.497 e. The van der Waals surface area contributed by atoms with Gasteiger partial charge in [-0.3, -0.25) is 0 Å². The molecular weight excluding hydrogens is 212 g/mol. The summed E-state index contributed by atoms with van der Waals surface area (Å²) in [4.78, 5) is 0. The molecule has 1 saturated carbocycles. The lowest BCUT2D eigenvalue weighted by atomic mass is 9.74. The summed E-state index contributed by atoms with van der Waals surface area (Å²) in [7, 11) is 1.67. The van der Waals surface area contributed by atoms with Crippen LogP contribution in [-0.4, -0.2) is 12.2 Å². The molecule has 94 valence electrons. The summed E-state index contributed by atoms with van der Waals surface area (Å²) < 4.78 is 5.21. The van der Waals surface area contributed by atoms with E-state index in [-0.39, 0.29) is 0 Å². The molecule has 17 heavy (non-hydrogen) atoms. The molecular formula is C15H22O2. The lowest BCUT2D eigenvalue weighted by molar-refractivity contribution is -0.0125. The standard InChI is InChI=1S/C15H22O2/c1-11-6-8-15(16,9-7-11)14-5-4-13(17-3)10-12(14)2/h4-5,10-11,16H,6-9H2,1-3H3. The largest absolute Gasteiger partial charge is 0.497 e. The Labute approximate surface area is 104 Å². The molecule has 1 aromatic carbocycles. The van der Waals surface area contributed by atoms with E-state index in [0.717, 1.165) is 48.5 Å². The molecule has 2 heteroatoms. The Morgan fingerprint density at radius 1 is 1.29 bits per heavy atom. The molecule has 1 aromatic rings. The number of ether oxygens (including phenoxy) is 1. The summed E-state index contributed by atoms with van der Waals surface area (Å²) in [5.74, 6) is 1.60. The predicted molar refractivity (Wildman–Crippen MR) is 69.3 cm³/mol. The van der Waals surface area contributed by atoms with E-state index in [1.54, 1.807) is 7.11 Å². The highest BCUT2D eigenvalue weighted by Gasteiger charge is 2.34. The van der Waals surface area contributed by atoms with Crippen LogP contribution < -0.4 is 4.74 Å². The maximum absolute atomic E-state index is 10.8. The number of aryl methyl sites for hydroxylation is 1. The van der Waals surface area contributed by atoms with Gasteiger partial charge in [-0.15, -0.1) is 0 Å². The van der Waals surface area contributed by atoms with Crippen LogP contribution in [0, 0.1) is 12.8 Å². The number of hydrogen-bond acceptors (Lipinski definition) is 2. The number of hydrogen-bond donors (Lipinski definition) is 1. The number of aliphatic hydroxyl groups is 1. The molecule has 0 aromatic heterocycles. The molecule has 0 amide bonds. The van der Waals surface area contributed by atoms with E-state index < -0.39 is 5.60 Å². The smallest absolute Gasteiger partial charge is 0.119 e. The van der Waals surface area contributed by atoms with Crippen molar-refractivity contribution in [3.8, 4) is 5.75 Å². The third-order valence-electron chi connectivity index (χ3n) is 4.04. The fourth-order valence-electron chi connectivity index (χ4n) is 2.79. The third-order valence-corrected chi connectivity index (χ3v) is 4.04. The third kappa shape index (κ3) is 2.47. The highest BCUT2D eigenvalue weighted by atomic mass is 16.5. The maximum Gasteiger partial charge on any atom is 0.119 e. The van der Waals surface area contributed by atoms with E-state index in [1.165, 1.54) is 0 Å². The van der Waals surface area contributed by atoms with Gasteiger partial charge >= 0.3 is 0 Å². The van der Waals surface area contributed by atoms with E-state index in [4.69, 9.17) is 4.74 Å². The van der Waals surface area contributed by atoms with Gasteiger partial charge in [-0.05, 0) is 61.8 Å². The lowest BCUT2D eigenvalue weighted by Gasteiger charge is -2.36. The van der Waals surface area contributed by atoms with Gasteiger partial charge in [-0.1, -0.05) is 13.0 Å². The van der Waals surface area contributed by atoms with Crippen molar-refractivity contribution >= 4 is 0 Å². The fourth-order valence-corrected chi connectivity index (χ4v) is 2.79. The molecule has 2 rings (SSSR count). The van der Waals surface area contributed by atoms with Gasteiger partial charge in [0.2, 0.25) is 0 Å². The van der Waals surface area contributed by atoms with Gasteiger partial charge in [0, 0.05) is 0 Å². The first-order valence-electron chi connectivity index (χ1n) is 6.42. The van der Waals surface area contributed by atoms with Crippen molar-refractivity contribution in [2.75, 3.05) is 7.11 Å². The second-order valence-corrected chi connectivity index (χ2v) is 5.39. The Kier molecular flexibility index (Phi) is 3.43. The van der Waals surface area contributed by atoms with E-state index in [0.29, 0.717) is 0 Å². The van der Waals surface area contributed by atoms with Crippen LogP contribution in [0.25, 0.3) is 0 Å². The monoisotopic (exact) mass is 234 g/mol. The van der Waals surface area contributed by atoms with Crippen molar-refractivity contribution in [2.45, 2.75) is 45.1 Å². The molecule has 0 radical (unpaired) electrons. The first-order valence-corrected chi connectivity index (χ1v) is 6.42. The first-order chi connectivity index (χ1) is 8.05. The summed E-state index contributed by atoms with van der Waals surface area (Å²) in [6.45, 7) is 4.31. The highest BCUT2D eigenvalue weighted by molar-refractivity contribution is 5.38. The zero-order valence-electron chi connectivity index (χ0n) is 11.0. The Balaban J connectivity index is 2.27. The van der Waals surface area contributed by atoms with Crippen molar-refractivity contribution < 1.29 is 9.84 Å². The van der Waals surface area contributed by atoms with Crippen molar-refractivity contribution in [3.05, 3.63) is 29.3 Å². The predicted octanol–water partition coefficient (Wildman–Crippen LogP) is 3.40. The topological polar surface area (TPSA) is 29.5 Å². The average Bonchev–Trinajstić information content (AvgIpc) is 2.33. The van der Waals surface area contributed by atoms with Crippen molar-refractivity contribution in [3.63, 3.8) is 0 Å². The van der Waals surface area contributed by atoms with Crippen molar-refractivity contribution in [1.29, 1.82) is 0 Å². The molecule has 0 bridgehead atoms. The van der Waals surface area contributed by atoms with Crippen LogP contribution in [0.2, 0.25) is 0 Å². The summed E-state index contributed by atoms with van der Waals surface area (Å²) in [6.07, 6.45) is 3.98. The van der Waals surface area contributed by atoms with E-state index in [1.807, 2.05) is 25.1 Å². The molecule has 1 aliphatic rings. The Hall–Kier alpha value is -1.02. The molecule has 0 atom stereocenters. The van der Waals surface area contributed by atoms with E-state index in [2.05, 4.69) is 6.92 Å². The Morgan fingerprint density at radius 2 is 1.94 bits per heavy atom. The minimum absolute atomic E-state index is 0.622. The van der Waals surface area contributed by atoms with Gasteiger partial charge in [0.05, 0.1) is 12.7 Å². The molecule has 1 fully saturated rings. The van der Waals surface area contributed by atoms with Gasteiger partial charge in [0.15, 0.2) is 0 Å². The molecule has 1 aliphatic carbocycles. The molecule has 1 N–H and O–H groups in total. The van der Waals surface area contributed by atoms with Crippen molar-refractivity contribution in [2.24, 2.45) is 5.92 Å². The first kappa shape index (κ1) is 12.4. The molecule has 0 spiro atoms. The maximum atomic E-state index is 10.8. The van der Waals surface area contributed by atoms with Crippen LogP contribution in [-0.2, 0) is 5.60 Å². The molecule has 0 saturated heterocycles. The molecule has 2 nitrogen and oxygen atoms in total. The van der Waals surface area contributed by atoms with Crippen LogP contribution in [0.3, 0.4) is 0 Å². The van der Waals surface area contributed by atoms with Gasteiger partial charge in [-0.2, -0.15) is 0 Å². The molecule has 0 unspecified atom stereocenters. The SMILES string of the molecule is COc1ccc(C2(O)CCC(C)CC2)c(C)c1.